The van der Waals surface area contributed by atoms with Crippen LogP contribution in [-0.2, 0) is 4.79 Å². The van der Waals surface area contributed by atoms with Crippen LogP contribution in [0.5, 0.6) is 0 Å². The smallest absolute Gasteiger partial charge is 0.237 e. The van der Waals surface area contributed by atoms with Gasteiger partial charge in [0, 0.05) is 12.1 Å². The fraction of sp³-hybridized carbons (Fsp3) is 0.900. The molecule has 0 radical (unpaired) electrons. The van der Waals surface area contributed by atoms with Crippen molar-refractivity contribution in [2.24, 2.45) is 5.73 Å². The van der Waals surface area contributed by atoms with Crippen LogP contribution < -0.4 is 11.1 Å². The van der Waals surface area contributed by atoms with Crippen molar-refractivity contribution < 1.29 is 4.79 Å². The Labute approximate surface area is 85.8 Å². The van der Waals surface area contributed by atoms with E-state index in [1.54, 1.807) is 0 Å². The molecule has 4 heteroatoms. The number of hydrogen-bond donors (Lipinski definition) is 2. The lowest BCUT2D eigenvalue weighted by Gasteiger charge is -2.28. The fourth-order valence-corrected chi connectivity index (χ4v) is 1.71. The molecule has 1 rings (SSSR count). The van der Waals surface area contributed by atoms with Crippen molar-refractivity contribution in [2.75, 3.05) is 20.1 Å². The van der Waals surface area contributed by atoms with E-state index in [4.69, 9.17) is 5.73 Å². The highest BCUT2D eigenvalue weighted by Crippen LogP contribution is 2.15. The van der Waals surface area contributed by atoms with Crippen LogP contribution in [0.1, 0.15) is 26.7 Å². The van der Waals surface area contributed by atoms with Crippen LogP contribution in [0, 0.1) is 0 Å². The van der Waals surface area contributed by atoms with Crippen molar-refractivity contribution in [3.63, 3.8) is 0 Å². The van der Waals surface area contributed by atoms with Gasteiger partial charge >= 0.3 is 0 Å². The van der Waals surface area contributed by atoms with Crippen molar-refractivity contribution >= 4 is 5.91 Å². The summed E-state index contributed by atoms with van der Waals surface area (Å²) in [6, 6.07) is 0.0424. The average Bonchev–Trinajstić information content (AvgIpc) is 2.51. The SMILES string of the molecule is CN1CCCC1C(=O)NC(C)(C)CN. The first-order chi connectivity index (χ1) is 6.46. The van der Waals surface area contributed by atoms with E-state index < -0.39 is 0 Å². The van der Waals surface area contributed by atoms with E-state index in [2.05, 4.69) is 10.2 Å². The molecule has 0 spiro atoms. The van der Waals surface area contributed by atoms with Gasteiger partial charge in [0.2, 0.25) is 5.91 Å². The highest BCUT2D eigenvalue weighted by atomic mass is 16.2. The lowest BCUT2D eigenvalue weighted by Crippen LogP contribution is -2.53. The number of likely N-dealkylation sites (tertiary alicyclic amines) is 1. The van der Waals surface area contributed by atoms with Gasteiger partial charge in [-0.25, -0.2) is 0 Å². The Balaban J connectivity index is 2.49. The second-order valence-electron chi connectivity index (χ2n) is 4.72. The minimum Gasteiger partial charge on any atom is -0.349 e. The van der Waals surface area contributed by atoms with E-state index in [1.807, 2.05) is 20.9 Å². The van der Waals surface area contributed by atoms with Gasteiger partial charge in [0.1, 0.15) is 0 Å². The molecule has 1 atom stereocenters. The predicted octanol–water partition coefficient (Wildman–Crippen LogP) is -0.0659. The number of amides is 1. The zero-order valence-electron chi connectivity index (χ0n) is 9.34. The maximum absolute atomic E-state index is 11.8. The normalized spacial score (nSPS) is 23.9. The van der Waals surface area contributed by atoms with E-state index in [-0.39, 0.29) is 17.5 Å². The highest BCUT2D eigenvalue weighted by Gasteiger charge is 2.30. The molecule has 1 heterocycles. The summed E-state index contributed by atoms with van der Waals surface area (Å²) in [6.45, 7) is 5.37. The summed E-state index contributed by atoms with van der Waals surface area (Å²) in [5.41, 5.74) is 5.27. The molecule has 1 aliphatic heterocycles. The molecule has 0 aromatic carbocycles. The summed E-state index contributed by atoms with van der Waals surface area (Å²) < 4.78 is 0. The molecule has 0 saturated carbocycles. The zero-order valence-corrected chi connectivity index (χ0v) is 9.34. The minimum atomic E-state index is -0.291. The van der Waals surface area contributed by atoms with Gasteiger partial charge in [0.05, 0.1) is 6.04 Å². The highest BCUT2D eigenvalue weighted by molar-refractivity contribution is 5.82. The van der Waals surface area contributed by atoms with Gasteiger partial charge in [-0.3, -0.25) is 9.69 Å². The molecule has 3 N–H and O–H groups in total. The Morgan fingerprint density at radius 3 is 2.71 bits per heavy atom. The number of carbonyl (C=O) groups is 1. The lowest BCUT2D eigenvalue weighted by molar-refractivity contribution is -0.126. The zero-order chi connectivity index (χ0) is 10.8. The first kappa shape index (κ1) is 11.5. The molecular weight excluding hydrogens is 178 g/mol. The number of nitrogens with two attached hydrogens (primary N) is 1. The van der Waals surface area contributed by atoms with Gasteiger partial charge in [0.25, 0.3) is 0 Å². The Morgan fingerprint density at radius 2 is 2.29 bits per heavy atom. The molecule has 1 aliphatic rings. The third-order valence-corrected chi connectivity index (χ3v) is 2.79. The quantitative estimate of drug-likeness (QED) is 0.669. The first-order valence-corrected chi connectivity index (χ1v) is 5.18. The molecule has 0 aromatic heterocycles. The van der Waals surface area contributed by atoms with E-state index in [0.29, 0.717) is 6.54 Å². The number of rotatable bonds is 3. The first-order valence-electron chi connectivity index (χ1n) is 5.18. The number of nitrogens with one attached hydrogen (secondary N) is 1. The Bertz CT molecular complexity index is 215. The second kappa shape index (κ2) is 4.28. The van der Waals surface area contributed by atoms with Gasteiger partial charge in [-0.2, -0.15) is 0 Å². The third-order valence-electron chi connectivity index (χ3n) is 2.79. The average molecular weight is 199 g/mol. The summed E-state index contributed by atoms with van der Waals surface area (Å²) in [5, 5.41) is 2.97. The molecule has 1 saturated heterocycles. The largest absolute Gasteiger partial charge is 0.349 e. The monoisotopic (exact) mass is 199 g/mol. The van der Waals surface area contributed by atoms with E-state index in [1.165, 1.54) is 0 Å². The molecule has 1 unspecified atom stereocenters. The van der Waals surface area contributed by atoms with Crippen LogP contribution in [0.4, 0.5) is 0 Å². The van der Waals surface area contributed by atoms with Crippen molar-refractivity contribution in [1.82, 2.24) is 10.2 Å². The van der Waals surface area contributed by atoms with Gasteiger partial charge in [0.15, 0.2) is 0 Å². The fourth-order valence-electron chi connectivity index (χ4n) is 1.71. The van der Waals surface area contributed by atoms with Crippen LogP contribution in [0.3, 0.4) is 0 Å². The van der Waals surface area contributed by atoms with Crippen LogP contribution in [0.2, 0.25) is 0 Å². The number of carbonyl (C=O) groups excluding carboxylic acids is 1. The van der Waals surface area contributed by atoms with Gasteiger partial charge < -0.3 is 11.1 Å². The second-order valence-corrected chi connectivity index (χ2v) is 4.72. The molecule has 4 nitrogen and oxygen atoms in total. The maximum Gasteiger partial charge on any atom is 0.237 e. The summed E-state index contributed by atoms with van der Waals surface area (Å²) >= 11 is 0. The number of hydrogen-bond acceptors (Lipinski definition) is 3. The summed E-state index contributed by atoms with van der Waals surface area (Å²) in [4.78, 5) is 13.9. The Morgan fingerprint density at radius 1 is 1.64 bits per heavy atom. The van der Waals surface area contributed by atoms with Crippen LogP contribution >= 0.6 is 0 Å². The van der Waals surface area contributed by atoms with Crippen molar-refractivity contribution in [3.8, 4) is 0 Å². The molecule has 1 amide bonds. The summed E-state index contributed by atoms with van der Waals surface area (Å²) in [7, 11) is 1.99. The van der Waals surface area contributed by atoms with Gasteiger partial charge in [-0.05, 0) is 40.3 Å². The molecule has 14 heavy (non-hydrogen) atoms. The number of likely N-dealkylation sites (N-methyl/N-ethyl adjacent to an activating group) is 1. The molecule has 1 fully saturated rings. The molecule has 82 valence electrons. The van der Waals surface area contributed by atoms with Crippen LogP contribution in [0.15, 0.2) is 0 Å². The Hall–Kier alpha value is -0.610. The topological polar surface area (TPSA) is 58.4 Å². The summed E-state index contributed by atoms with van der Waals surface area (Å²) in [6.07, 6.45) is 2.07. The number of nitrogens with zero attached hydrogens (tertiary/aromatic N) is 1. The van der Waals surface area contributed by atoms with E-state index in [9.17, 15) is 4.79 Å². The van der Waals surface area contributed by atoms with E-state index >= 15 is 0 Å². The molecular formula is C10H21N3O. The molecule has 0 aliphatic carbocycles. The standard InChI is InChI=1S/C10H21N3O/c1-10(2,7-11)12-9(14)8-5-4-6-13(8)3/h8H,4-7,11H2,1-3H3,(H,12,14). The maximum atomic E-state index is 11.8. The van der Waals surface area contributed by atoms with Crippen LogP contribution in [0.25, 0.3) is 0 Å². The third kappa shape index (κ3) is 2.69. The van der Waals surface area contributed by atoms with Crippen molar-refractivity contribution in [1.29, 1.82) is 0 Å². The van der Waals surface area contributed by atoms with Crippen LogP contribution in [-0.4, -0.2) is 42.5 Å². The minimum absolute atomic E-state index is 0.0424. The van der Waals surface area contributed by atoms with Gasteiger partial charge in [-0.15, -0.1) is 0 Å². The lowest BCUT2D eigenvalue weighted by atomic mass is 10.1. The molecule has 0 bridgehead atoms. The Kier molecular flexibility index (Phi) is 3.50. The van der Waals surface area contributed by atoms with E-state index in [0.717, 1.165) is 19.4 Å². The predicted molar refractivity (Wildman–Crippen MR) is 56.9 cm³/mol. The summed E-state index contributed by atoms with van der Waals surface area (Å²) in [5.74, 6) is 0.112. The molecule has 0 aromatic rings. The van der Waals surface area contributed by atoms with Crippen molar-refractivity contribution in [3.05, 3.63) is 0 Å². The van der Waals surface area contributed by atoms with Gasteiger partial charge in [-0.1, -0.05) is 0 Å². The van der Waals surface area contributed by atoms with Crippen molar-refractivity contribution in [2.45, 2.75) is 38.3 Å².